The topological polar surface area (TPSA) is 104 Å². The molecule has 9 heteroatoms. The predicted molar refractivity (Wildman–Crippen MR) is 167 cm³/mol. The molecule has 2 aromatic carbocycles. The number of hydrogen-bond donors (Lipinski definition) is 1. The summed E-state index contributed by atoms with van der Waals surface area (Å²) in [6.07, 6.45) is 3.49. The van der Waals surface area contributed by atoms with E-state index in [-0.39, 0.29) is 42.4 Å². The van der Waals surface area contributed by atoms with Crippen LogP contribution < -0.4 is 0 Å². The third-order valence-electron chi connectivity index (χ3n) is 11.8. The van der Waals surface area contributed by atoms with Gasteiger partial charge in [-0.15, -0.1) is 0 Å². The summed E-state index contributed by atoms with van der Waals surface area (Å²) in [5.74, 6) is -0.873. The first-order chi connectivity index (χ1) is 22.1. The van der Waals surface area contributed by atoms with Crippen molar-refractivity contribution in [3.63, 3.8) is 0 Å². The molecule has 1 aliphatic carbocycles. The van der Waals surface area contributed by atoms with Crippen LogP contribution in [0, 0.1) is 29.6 Å². The lowest BCUT2D eigenvalue weighted by molar-refractivity contribution is -0.576. The van der Waals surface area contributed by atoms with Gasteiger partial charge in [-0.1, -0.05) is 74.5 Å². The number of carbonyl (C=O) groups is 2. The molecule has 2 aromatic rings. The molecule has 9 nitrogen and oxygen atoms in total. The number of piperidine rings is 1. The van der Waals surface area contributed by atoms with E-state index in [1.807, 2.05) is 74.5 Å². The van der Waals surface area contributed by atoms with Gasteiger partial charge in [0.05, 0.1) is 6.42 Å². The first-order valence-corrected chi connectivity index (χ1v) is 17.1. The Kier molecular flexibility index (Phi) is 8.51. The van der Waals surface area contributed by atoms with Crippen molar-refractivity contribution in [3.05, 3.63) is 71.8 Å². The van der Waals surface area contributed by atoms with E-state index in [2.05, 4.69) is 6.92 Å². The van der Waals surface area contributed by atoms with Crippen LogP contribution in [0.25, 0.3) is 0 Å². The summed E-state index contributed by atoms with van der Waals surface area (Å²) < 4.78 is 18.6. The van der Waals surface area contributed by atoms with Gasteiger partial charge >= 0.3 is 5.97 Å². The van der Waals surface area contributed by atoms with Gasteiger partial charge in [0.1, 0.15) is 5.60 Å². The van der Waals surface area contributed by atoms with Crippen LogP contribution in [0.2, 0.25) is 0 Å². The molecule has 8 rings (SSSR count). The van der Waals surface area contributed by atoms with Gasteiger partial charge in [-0.3, -0.25) is 9.59 Å². The van der Waals surface area contributed by atoms with Crippen molar-refractivity contribution >= 4 is 11.9 Å². The van der Waals surface area contributed by atoms with E-state index in [1.54, 1.807) is 4.90 Å². The first kappa shape index (κ1) is 31.8. The number of benzene rings is 2. The van der Waals surface area contributed by atoms with Crippen LogP contribution >= 0.6 is 0 Å². The van der Waals surface area contributed by atoms with Gasteiger partial charge in [-0.2, -0.15) is 0 Å². The number of nitrogens with zero attached hydrogens (tertiary/aromatic N) is 1. The smallest absolute Gasteiger partial charge is 0.308 e. The lowest BCUT2D eigenvalue weighted by Crippen LogP contribution is -2.70. The summed E-state index contributed by atoms with van der Waals surface area (Å²) in [5, 5.41) is 12.2. The monoisotopic (exact) mass is 633 g/mol. The van der Waals surface area contributed by atoms with E-state index in [9.17, 15) is 14.7 Å². The SMILES string of the molecule is C[C@H]1[C@H](OC(=O)CCC(=O)N2CCC(C(O)(c3ccccc3)c3ccccc3)CC2)O[C@@H]2O[C@@]3(C)CC[C@@H]4[C@H](C)CC[C@@H]1[C@@]24OO3. The van der Waals surface area contributed by atoms with Gasteiger partial charge in [0, 0.05) is 37.8 Å². The van der Waals surface area contributed by atoms with E-state index in [4.69, 9.17) is 24.0 Å². The molecule has 5 saturated heterocycles. The highest BCUT2D eigenvalue weighted by atomic mass is 17.3. The molecule has 5 heterocycles. The van der Waals surface area contributed by atoms with Crippen molar-refractivity contribution in [2.45, 2.75) is 102 Å². The molecule has 1 N–H and O–H groups in total. The normalized spacial score (nSPS) is 36.0. The van der Waals surface area contributed by atoms with Crippen molar-refractivity contribution in [2.75, 3.05) is 13.1 Å². The lowest BCUT2D eigenvalue weighted by Gasteiger charge is -2.59. The maximum absolute atomic E-state index is 13.2. The fourth-order valence-corrected chi connectivity index (χ4v) is 9.13. The maximum atomic E-state index is 13.2. The molecule has 248 valence electrons. The Morgan fingerprint density at radius 2 is 1.54 bits per heavy atom. The second-order valence-corrected chi connectivity index (χ2v) is 14.4. The highest BCUT2D eigenvalue weighted by Crippen LogP contribution is 2.60. The molecule has 1 amide bonds. The van der Waals surface area contributed by atoms with Crippen molar-refractivity contribution in [1.82, 2.24) is 4.90 Å². The summed E-state index contributed by atoms with van der Waals surface area (Å²) in [5.41, 5.74) is -0.159. The minimum Gasteiger partial charge on any atom is -0.435 e. The average Bonchev–Trinajstić information content (AvgIpc) is 3.32. The van der Waals surface area contributed by atoms with E-state index in [0.29, 0.717) is 38.3 Å². The van der Waals surface area contributed by atoms with Crippen molar-refractivity contribution in [3.8, 4) is 0 Å². The number of amides is 1. The molecule has 46 heavy (non-hydrogen) atoms. The van der Waals surface area contributed by atoms with Crippen LogP contribution in [0.15, 0.2) is 60.7 Å². The van der Waals surface area contributed by atoms with Gasteiger partial charge in [0.25, 0.3) is 0 Å². The molecular formula is C37H47NO8. The van der Waals surface area contributed by atoms with Gasteiger partial charge in [0.2, 0.25) is 18.0 Å². The highest BCUT2D eigenvalue weighted by molar-refractivity contribution is 5.81. The Bertz CT molecular complexity index is 1360. The van der Waals surface area contributed by atoms with Gasteiger partial charge in [-0.25, -0.2) is 9.78 Å². The van der Waals surface area contributed by atoms with Crippen molar-refractivity contribution in [1.29, 1.82) is 0 Å². The number of rotatable bonds is 7. The van der Waals surface area contributed by atoms with Gasteiger partial charge in [-0.05, 0) is 67.9 Å². The van der Waals surface area contributed by atoms with E-state index < -0.39 is 35.5 Å². The first-order valence-electron chi connectivity index (χ1n) is 17.1. The van der Waals surface area contributed by atoms with Crippen LogP contribution in [0.5, 0.6) is 0 Å². The quantitative estimate of drug-likeness (QED) is 0.306. The van der Waals surface area contributed by atoms with Gasteiger partial charge < -0.3 is 24.2 Å². The number of esters is 1. The van der Waals surface area contributed by atoms with Crippen LogP contribution in [0.1, 0.15) is 83.3 Å². The van der Waals surface area contributed by atoms with Crippen LogP contribution in [-0.2, 0) is 39.2 Å². The van der Waals surface area contributed by atoms with Crippen LogP contribution in [0.4, 0.5) is 0 Å². The fourth-order valence-electron chi connectivity index (χ4n) is 9.13. The number of fused-ring (bicyclic) bond motifs is 2. The third kappa shape index (κ3) is 5.38. The molecule has 6 fully saturated rings. The fraction of sp³-hybridized carbons (Fsp3) is 0.622. The maximum Gasteiger partial charge on any atom is 0.308 e. The van der Waals surface area contributed by atoms with Crippen LogP contribution in [-0.4, -0.2) is 58.9 Å². The number of likely N-dealkylation sites (tertiary alicyclic amines) is 1. The highest BCUT2D eigenvalue weighted by Gasteiger charge is 2.69. The zero-order chi connectivity index (χ0) is 32.1. The Balaban J connectivity index is 0.955. The van der Waals surface area contributed by atoms with Crippen molar-refractivity contribution in [2.24, 2.45) is 29.6 Å². The minimum absolute atomic E-state index is 0.0262. The molecule has 1 saturated carbocycles. The number of carbonyl (C=O) groups excluding carboxylic acids is 2. The third-order valence-corrected chi connectivity index (χ3v) is 11.8. The van der Waals surface area contributed by atoms with Crippen molar-refractivity contribution < 1.29 is 38.7 Å². The lowest BCUT2D eigenvalue weighted by atomic mass is 9.58. The van der Waals surface area contributed by atoms with Crippen LogP contribution in [0.3, 0.4) is 0 Å². The standard InChI is InChI=1S/C37H47NO8/c1-24-14-15-30-25(2)33(43-34-37(30)29(24)18-21-35(3,44-34)45-46-37)42-32(40)17-16-31(39)38-22-19-28(20-23-38)36(41,26-10-6-4-7-11-26)27-12-8-5-9-13-27/h4-13,24-25,28-30,33-34,41H,14-23H2,1-3H3/t24-,25-,29-,30+,33-,34-,35-,37-/m1/s1. The number of ether oxygens (including phenoxy) is 3. The summed E-state index contributed by atoms with van der Waals surface area (Å²) in [7, 11) is 0. The summed E-state index contributed by atoms with van der Waals surface area (Å²) in [6, 6.07) is 19.5. The molecule has 0 radical (unpaired) electrons. The Labute approximate surface area is 271 Å². The Morgan fingerprint density at radius 1 is 0.891 bits per heavy atom. The average molecular weight is 634 g/mol. The largest absolute Gasteiger partial charge is 0.435 e. The van der Waals surface area contributed by atoms with Gasteiger partial charge in [0.15, 0.2) is 11.9 Å². The zero-order valence-corrected chi connectivity index (χ0v) is 27.1. The summed E-state index contributed by atoms with van der Waals surface area (Å²) in [6.45, 7) is 7.22. The molecule has 2 bridgehead atoms. The Morgan fingerprint density at radius 3 is 2.20 bits per heavy atom. The number of aliphatic hydroxyl groups is 1. The van der Waals surface area contributed by atoms with E-state index in [0.717, 1.165) is 30.4 Å². The minimum atomic E-state index is -1.15. The molecular weight excluding hydrogens is 586 g/mol. The molecule has 0 aromatic heterocycles. The molecule has 0 unspecified atom stereocenters. The predicted octanol–water partition coefficient (Wildman–Crippen LogP) is 5.69. The second-order valence-electron chi connectivity index (χ2n) is 14.4. The Hall–Kier alpha value is -2.82. The summed E-state index contributed by atoms with van der Waals surface area (Å²) >= 11 is 0. The zero-order valence-electron chi connectivity index (χ0n) is 27.1. The second kappa shape index (κ2) is 12.3. The molecule has 6 aliphatic rings. The number of hydrogen-bond acceptors (Lipinski definition) is 8. The molecule has 1 spiro atoms. The molecule has 8 atom stereocenters. The molecule has 5 aliphatic heterocycles. The van der Waals surface area contributed by atoms with E-state index in [1.165, 1.54) is 0 Å². The van der Waals surface area contributed by atoms with E-state index >= 15 is 0 Å². The summed E-state index contributed by atoms with van der Waals surface area (Å²) in [4.78, 5) is 40.2.